The molecule has 2 unspecified atom stereocenters. The number of hydrogen-bond acceptors (Lipinski definition) is 3. The van der Waals surface area contributed by atoms with Crippen molar-refractivity contribution < 1.29 is 4.74 Å². The first kappa shape index (κ1) is 11.9. The molecule has 1 fully saturated rings. The van der Waals surface area contributed by atoms with Crippen molar-refractivity contribution in [3.8, 4) is 5.88 Å². The van der Waals surface area contributed by atoms with E-state index in [1.165, 1.54) is 12.8 Å². The Labute approximate surface area is 105 Å². The molecule has 2 rings (SSSR count). The van der Waals surface area contributed by atoms with Crippen LogP contribution in [0.15, 0.2) is 16.7 Å². The molecule has 1 aromatic rings. The zero-order valence-electron chi connectivity index (χ0n) is 9.45. The molecule has 0 spiro atoms. The largest absolute Gasteiger partial charge is 0.474 e. The van der Waals surface area contributed by atoms with Crippen LogP contribution in [0.1, 0.15) is 24.8 Å². The molecule has 0 saturated heterocycles. The summed E-state index contributed by atoms with van der Waals surface area (Å²) < 4.78 is 6.92. The van der Waals surface area contributed by atoms with Crippen molar-refractivity contribution in [3.05, 3.63) is 22.3 Å². The second-order valence-corrected chi connectivity index (χ2v) is 5.21. The van der Waals surface area contributed by atoms with Crippen molar-refractivity contribution in [1.29, 1.82) is 0 Å². The SMILES string of the molecule is Cc1cc(OC2CCCC2CN)ncc1Br. The van der Waals surface area contributed by atoms with Crippen molar-refractivity contribution in [2.45, 2.75) is 32.3 Å². The van der Waals surface area contributed by atoms with Gasteiger partial charge in [0, 0.05) is 22.7 Å². The summed E-state index contributed by atoms with van der Waals surface area (Å²) in [6.45, 7) is 2.74. The summed E-state index contributed by atoms with van der Waals surface area (Å²) in [6.07, 6.45) is 5.52. The van der Waals surface area contributed by atoms with Crippen molar-refractivity contribution >= 4 is 15.9 Å². The van der Waals surface area contributed by atoms with Gasteiger partial charge in [-0.05, 0) is 54.2 Å². The number of nitrogens with zero attached hydrogens (tertiary/aromatic N) is 1. The molecular formula is C12H17BrN2O. The molecule has 2 atom stereocenters. The zero-order valence-corrected chi connectivity index (χ0v) is 11.0. The van der Waals surface area contributed by atoms with E-state index < -0.39 is 0 Å². The molecule has 0 aliphatic heterocycles. The quantitative estimate of drug-likeness (QED) is 0.928. The molecule has 2 N–H and O–H groups in total. The summed E-state index contributed by atoms with van der Waals surface area (Å²) in [5, 5.41) is 0. The monoisotopic (exact) mass is 284 g/mol. The van der Waals surface area contributed by atoms with E-state index in [1.807, 2.05) is 13.0 Å². The van der Waals surface area contributed by atoms with E-state index in [0.717, 1.165) is 16.5 Å². The molecule has 1 aromatic heterocycles. The molecule has 1 heterocycles. The fourth-order valence-corrected chi connectivity index (χ4v) is 2.38. The fraction of sp³-hybridized carbons (Fsp3) is 0.583. The van der Waals surface area contributed by atoms with Gasteiger partial charge >= 0.3 is 0 Å². The van der Waals surface area contributed by atoms with Crippen LogP contribution >= 0.6 is 15.9 Å². The maximum absolute atomic E-state index is 5.90. The van der Waals surface area contributed by atoms with E-state index in [4.69, 9.17) is 10.5 Å². The predicted molar refractivity (Wildman–Crippen MR) is 67.5 cm³/mol. The standard InChI is InChI=1S/C12H17BrN2O/c1-8-5-12(15-7-10(8)13)16-11-4-2-3-9(11)6-14/h5,7,9,11H,2-4,6,14H2,1H3. The van der Waals surface area contributed by atoms with Gasteiger partial charge in [-0.2, -0.15) is 0 Å². The third-order valence-corrected chi connectivity index (χ3v) is 4.02. The smallest absolute Gasteiger partial charge is 0.213 e. The Kier molecular flexibility index (Phi) is 3.82. The van der Waals surface area contributed by atoms with Crippen LogP contribution in [0.4, 0.5) is 0 Å². The van der Waals surface area contributed by atoms with Crippen LogP contribution in [-0.2, 0) is 0 Å². The third-order valence-electron chi connectivity index (χ3n) is 3.19. The molecule has 0 aromatic carbocycles. The molecule has 4 heteroatoms. The Balaban J connectivity index is 2.05. The average molecular weight is 285 g/mol. The lowest BCUT2D eigenvalue weighted by molar-refractivity contribution is 0.155. The van der Waals surface area contributed by atoms with E-state index in [0.29, 0.717) is 18.3 Å². The van der Waals surface area contributed by atoms with E-state index in [-0.39, 0.29) is 6.10 Å². The van der Waals surface area contributed by atoms with E-state index >= 15 is 0 Å². The lowest BCUT2D eigenvalue weighted by Crippen LogP contribution is -2.27. The summed E-state index contributed by atoms with van der Waals surface area (Å²) in [7, 11) is 0. The summed E-state index contributed by atoms with van der Waals surface area (Å²) in [5.41, 5.74) is 6.87. The molecular weight excluding hydrogens is 268 g/mol. The molecule has 88 valence electrons. The van der Waals surface area contributed by atoms with Crippen molar-refractivity contribution in [1.82, 2.24) is 4.98 Å². The van der Waals surface area contributed by atoms with Gasteiger partial charge in [0.2, 0.25) is 5.88 Å². The highest BCUT2D eigenvalue weighted by Crippen LogP contribution is 2.29. The lowest BCUT2D eigenvalue weighted by atomic mass is 10.1. The first-order valence-electron chi connectivity index (χ1n) is 5.69. The summed E-state index contributed by atoms with van der Waals surface area (Å²) in [4.78, 5) is 4.26. The van der Waals surface area contributed by atoms with Gasteiger partial charge < -0.3 is 10.5 Å². The Bertz CT molecular complexity index is 370. The Morgan fingerprint density at radius 1 is 1.56 bits per heavy atom. The summed E-state index contributed by atoms with van der Waals surface area (Å²) in [5.74, 6) is 1.21. The second-order valence-electron chi connectivity index (χ2n) is 4.35. The van der Waals surface area contributed by atoms with Crippen LogP contribution < -0.4 is 10.5 Å². The van der Waals surface area contributed by atoms with Gasteiger partial charge in [-0.25, -0.2) is 4.98 Å². The number of nitrogens with two attached hydrogens (primary N) is 1. The van der Waals surface area contributed by atoms with Crippen LogP contribution in [0.5, 0.6) is 5.88 Å². The Hall–Kier alpha value is -0.610. The zero-order chi connectivity index (χ0) is 11.5. The second kappa shape index (κ2) is 5.15. The van der Waals surface area contributed by atoms with Crippen molar-refractivity contribution in [3.63, 3.8) is 0 Å². The number of aromatic nitrogens is 1. The maximum atomic E-state index is 5.90. The molecule has 3 nitrogen and oxygen atoms in total. The molecule has 0 bridgehead atoms. The lowest BCUT2D eigenvalue weighted by Gasteiger charge is -2.19. The number of hydrogen-bond donors (Lipinski definition) is 1. The Morgan fingerprint density at radius 3 is 3.06 bits per heavy atom. The Morgan fingerprint density at radius 2 is 2.38 bits per heavy atom. The first-order chi connectivity index (χ1) is 7.70. The van der Waals surface area contributed by atoms with Crippen LogP contribution in [-0.4, -0.2) is 17.6 Å². The first-order valence-corrected chi connectivity index (χ1v) is 6.49. The van der Waals surface area contributed by atoms with Crippen LogP contribution in [0.3, 0.4) is 0 Å². The van der Waals surface area contributed by atoms with Crippen molar-refractivity contribution in [2.24, 2.45) is 11.7 Å². The average Bonchev–Trinajstić information content (AvgIpc) is 2.71. The highest BCUT2D eigenvalue weighted by Gasteiger charge is 2.28. The van der Waals surface area contributed by atoms with Crippen LogP contribution in [0, 0.1) is 12.8 Å². The molecule has 0 amide bonds. The minimum Gasteiger partial charge on any atom is -0.474 e. The number of ether oxygens (including phenoxy) is 1. The van der Waals surface area contributed by atoms with Crippen LogP contribution in [0.2, 0.25) is 0 Å². The minimum atomic E-state index is 0.248. The normalized spacial score (nSPS) is 24.7. The van der Waals surface area contributed by atoms with Crippen molar-refractivity contribution in [2.75, 3.05) is 6.54 Å². The highest BCUT2D eigenvalue weighted by atomic mass is 79.9. The fourth-order valence-electron chi connectivity index (χ4n) is 2.16. The molecule has 1 aliphatic carbocycles. The molecule has 16 heavy (non-hydrogen) atoms. The van der Waals surface area contributed by atoms with E-state index in [1.54, 1.807) is 6.20 Å². The third kappa shape index (κ3) is 2.55. The molecule has 0 radical (unpaired) electrons. The van der Waals surface area contributed by atoms with E-state index in [9.17, 15) is 0 Å². The molecule has 1 saturated carbocycles. The topological polar surface area (TPSA) is 48.1 Å². The number of pyridine rings is 1. The minimum absolute atomic E-state index is 0.248. The van der Waals surface area contributed by atoms with Gasteiger partial charge in [-0.15, -0.1) is 0 Å². The van der Waals surface area contributed by atoms with E-state index in [2.05, 4.69) is 20.9 Å². The number of aryl methyl sites for hydroxylation is 1. The number of rotatable bonds is 3. The summed E-state index contributed by atoms with van der Waals surface area (Å²) in [6, 6.07) is 1.97. The maximum Gasteiger partial charge on any atom is 0.213 e. The van der Waals surface area contributed by atoms with Gasteiger partial charge in [-0.3, -0.25) is 0 Å². The van der Waals surface area contributed by atoms with Crippen LogP contribution in [0.25, 0.3) is 0 Å². The van der Waals surface area contributed by atoms with Gasteiger partial charge in [0.05, 0.1) is 0 Å². The van der Waals surface area contributed by atoms with Gasteiger partial charge in [0.25, 0.3) is 0 Å². The van der Waals surface area contributed by atoms with Gasteiger partial charge in [0.1, 0.15) is 6.10 Å². The summed E-state index contributed by atoms with van der Waals surface area (Å²) >= 11 is 3.43. The predicted octanol–water partition coefficient (Wildman–Crippen LogP) is 2.66. The molecule has 1 aliphatic rings. The highest BCUT2D eigenvalue weighted by molar-refractivity contribution is 9.10. The van der Waals surface area contributed by atoms with Gasteiger partial charge in [0.15, 0.2) is 0 Å². The number of halogens is 1. The van der Waals surface area contributed by atoms with Gasteiger partial charge in [-0.1, -0.05) is 0 Å².